The number of carbonyl (C=O) groups is 1. The molecule has 2 aromatic rings. The van der Waals surface area contributed by atoms with Crippen LogP contribution in [-0.4, -0.2) is 25.7 Å². The molecule has 126 valence electrons. The molecule has 0 fully saturated rings. The highest BCUT2D eigenvalue weighted by molar-refractivity contribution is 5.94. The largest absolute Gasteiger partial charge is 0.486 e. The Morgan fingerprint density at radius 2 is 2.00 bits per heavy atom. The lowest BCUT2D eigenvalue weighted by molar-refractivity contribution is 0.0954. The minimum absolute atomic E-state index is 0.176. The predicted molar refractivity (Wildman–Crippen MR) is 94.6 cm³/mol. The molecule has 0 spiro atoms. The van der Waals surface area contributed by atoms with Gasteiger partial charge in [0, 0.05) is 12.1 Å². The number of fused-ring (bicyclic) bond motifs is 1. The van der Waals surface area contributed by atoms with Crippen molar-refractivity contribution >= 4 is 12.0 Å². The van der Waals surface area contributed by atoms with Crippen molar-refractivity contribution in [2.45, 2.75) is 6.42 Å². The van der Waals surface area contributed by atoms with Crippen molar-refractivity contribution in [3.8, 4) is 17.6 Å². The van der Waals surface area contributed by atoms with Crippen molar-refractivity contribution < 1.29 is 14.3 Å². The first-order valence-corrected chi connectivity index (χ1v) is 8.11. The molecule has 0 saturated carbocycles. The number of rotatable bonds is 5. The monoisotopic (exact) mass is 334 g/mol. The van der Waals surface area contributed by atoms with Crippen LogP contribution in [0.25, 0.3) is 6.08 Å². The average Bonchev–Trinajstić information content (AvgIpc) is 2.67. The molecule has 1 aliphatic heterocycles. The fourth-order valence-corrected chi connectivity index (χ4v) is 2.48. The number of nitrogens with zero attached hydrogens (tertiary/aromatic N) is 1. The first-order chi connectivity index (χ1) is 12.3. The highest BCUT2D eigenvalue weighted by Gasteiger charge is 2.10. The van der Waals surface area contributed by atoms with E-state index < -0.39 is 0 Å². The van der Waals surface area contributed by atoms with Crippen LogP contribution in [0.1, 0.15) is 27.9 Å². The van der Waals surface area contributed by atoms with Crippen LogP contribution >= 0.6 is 0 Å². The molecule has 5 nitrogen and oxygen atoms in total. The molecule has 0 bridgehead atoms. The first-order valence-electron chi connectivity index (χ1n) is 8.11. The van der Waals surface area contributed by atoms with E-state index in [0.29, 0.717) is 37.3 Å². The highest BCUT2D eigenvalue weighted by atomic mass is 16.6. The molecule has 0 radical (unpaired) electrons. The van der Waals surface area contributed by atoms with Gasteiger partial charge in [0.15, 0.2) is 11.5 Å². The van der Waals surface area contributed by atoms with E-state index in [1.165, 1.54) is 0 Å². The zero-order chi connectivity index (χ0) is 17.5. The summed E-state index contributed by atoms with van der Waals surface area (Å²) in [6.45, 7) is 1.68. The Bertz CT molecular complexity index is 837. The Morgan fingerprint density at radius 3 is 2.84 bits per heavy atom. The molecule has 0 aliphatic carbocycles. The minimum atomic E-state index is -0.176. The van der Waals surface area contributed by atoms with Crippen LogP contribution in [0.5, 0.6) is 11.5 Å². The topological polar surface area (TPSA) is 71.4 Å². The summed E-state index contributed by atoms with van der Waals surface area (Å²) in [5.74, 6) is 1.36. The normalized spacial score (nSPS) is 12.6. The summed E-state index contributed by atoms with van der Waals surface area (Å²) in [4.78, 5) is 12.0. The summed E-state index contributed by atoms with van der Waals surface area (Å²) >= 11 is 0. The fourth-order valence-electron chi connectivity index (χ4n) is 2.48. The van der Waals surface area contributed by atoms with Crippen molar-refractivity contribution in [3.05, 3.63) is 65.2 Å². The van der Waals surface area contributed by atoms with Crippen molar-refractivity contribution in [3.63, 3.8) is 0 Å². The summed E-state index contributed by atoms with van der Waals surface area (Å²) in [6, 6.07) is 14.5. The van der Waals surface area contributed by atoms with E-state index in [1.54, 1.807) is 24.3 Å². The number of benzene rings is 2. The van der Waals surface area contributed by atoms with Gasteiger partial charge in [-0.2, -0.15) is 5.26 Å². The van der Waals surface area contributed by atoms with Gasteiger partial charge in [-0.05, 0) is 42.3 Å². The lowest BCUT2D eigenvalue weighted by Crippen LogP contribution is -2.24. The summed E-state index contributed by atoms with van der Waals surface area (Å²) in [6.07, 6.45) is 4.69. The molecule has 1 amide bonds. The fraction of sp³-hybridized carbons (Fsp3) is 0.200. The van der Waals surface area contributed by atoms with Crippen LogP contribution < -0.4 is 14.8 Å². The number of nitrogens with one attached hydrogen (secondary N) is 1. The summed E-state index contributed by atoms with van der Waals surface area (Å²) in [7, 11) is 0. The van der Waals surface area contributed by atoms with Gasteiger partial charge in [0.1, 0.15) is 13.2 Å². The van der Waals surface area contributed by atoms with Crippen molar-refractivity contribution in [2.75, 3.05) is 19.8 Å². The number of hydrogen-bond acceptors (Lipinski definition) is 4. The van der Waals surface area contributed by atoms with Crippen LogP contribution in [0.3, 0.4) is 0 Å². The third-order valence-electron chi connectivity index (χ3n) is 3.73. The molecule has 2 aromatic carbocycles. The SMILES string of the molecule is N#Cc1cccc(C(=O)NCC/C=C/c2ccc3c(c2)OCCO3)c1. The Hall–Kier alpha value is -3.26. The zero-order valence-electron chi connectivity index (χ0n) is 13.7. The maximum absolute atomic E-state index is 12.0. The van der Waals surface area contributed by atoms with E-state index in [9.17, 15) is 4.79 Å². The van der Waals surface area contributed by atoms with Crippen LogP contribution in [0.4, 0.5) is 0 Å². The van der Waals surface area contributed by atoms with Gasteiger partial charge in [0.25, 0.3) is 5.91 Å². The Labute approximate surface area is 146 Å². The van der Waals surface area contributed by atoms with Gasteiger partial charge >= 0.3 is 0 Å². The van der Waals surface area contributed by atoms with Crippen molar-refractivity contribution in [1.82, 2.24) is 5.32 Å². The number of hydrogen-bond donors (Lipinski definition) is 1. The van der Waals surface area contributed by atoms with Crippen molar-refractivity contribution in [1.29, 1.82) is 5.26 Å². The van der Waals surface area contributed by atoms with E-state index in [0.717, 1.165) is 17.1 Å². The molecular formula is C20H18N2O3. The molecule has 0 atom stereocenters. The minimum Gasteiger partial charge on any atom is -0.486 e. The van der Waals surface area contributed by atoms with Crippen LogP contribution in [0, 0.1) is 11.3 Å². The number of carbonyl (C=O) groups excluding carboxylic acids is 1. The van der Waals surface area contributed by atoms with E-state index >= 15 is 0 Å². The van der Waals surface area contributed by atoms with Crippen LogP contribution in [0.15, 0.2) is 48.5 Å². The number of ether oxygens (including phenoxy) is 2. The first kappa shape index (κ1) is 16.6. The molecule has 1 N–H and O–H groups in total. The van der Waals surface area contributed by atoms with E-state index in [1.807, 2.05) is 36.4 Å². The van der Waals surface area contributed by atoms with Gasteiger partial charge in [-0.15, -0.1) is 0 Å². The molecule has 5 heteroatoms. The molecular weight excluding hydrogens is 316 g/mol. The van der Waals surface area contributed by atoms with Crippen molar-refractivity contribution in [2.24, 2.45) is 0 Å². The second-order valence-corrected chi connectivity index (χ2v) is 5.54. The van der Waals surface area contributed by atoms with Crippen LogP contribution in [0.2, 0.25) is 0 Å². The maximum Gasteiger partial charge on any atom is 0.251 e. The molecule has 1 aliphatic rings. The average molecular weight is 334 g/mol. The predicted octanol–water partition coefficient (Wildman–Crippen LogP) is 3.16. The second kappa shape index (κ2) is 8.02. The third kappa shape index (κ3) is 4.39. The molecule has 0 saturated heterocycles. The zero-order valence-corrected chi connectivity index (χ0v) is 13.7. The summed E-state index contributed by atoms with van der Waals surface area (Å²) in [5.41, 5.74) is 2.00. The van der Waals surface area contributed by atoms with Gasteiger partial charge in [-0.3, -0.25) is 4.79 Å². The Balaban J connectivity index is 1.48. The Kier molecular flexibility index (Phi) is 5.32. The van der Waals surface area contributed by atoms with Gasteiger partial charge in [0.05, 0.1) is 11.6 Å². The number of nitriles is 1. The lowest BCUT2D eigenvalue weighted by Gasteiger charge is -2.18. The van der Waals surface area contributed by atoms with E-state index in [4.69, 9.17) is 14.7 Å². The van der Waals surface area contributed by atoms with Crippen LogP contribution in [-0.2, 0) is 0 Å². The Morgan fingerprint density at radius 1 is 1.16 bits per heavy atom. The highest BCUT2D eigenvalue weighted by Crippen LogP contribution is 2.31. The third-order valence-corrected chi connectivity index (χ3v) is 3.73. The smallest absolute Gasteiger partial charge is 0.251 e. The number of amides is 1. The summed E-state index contributed by atoms with van der Waals surface area (Å²) in [5, 5.41) is 11.7. The molecule has 3 rings (SSSR count). The van der Waals surface area contributed by atoms with Gasteiger partial charge in [0.2, 0.25) is 0 Å². The summed E-state index contributed by atoms with van der Waals surface area (Å²) < 4.78 is 11.0. The van der Waals surface area contributed by atoms with Gasteiger partial charge < -0.3 is 14.8 Å². The van der Waals surface area contributed by atoms with Gasteiger partial charge in [-0.1, -0.05) is 24.3 Å². The van der Waals surface area contributed by atoms with E-state index in [2.05, 4.69) is 5.32 Å². The molecule has 0 unspecified atom stereocenters. The molecule has 25 heavy (non-hydrogen) atoms. The standard InChI is InChI=1S/C20H18N2O3/c21-14-16-5-3-6-17(12-16)20(23)22-9-2-1-4-15-7-8-18-19(13-15)25-11-10-24-18/h1,3-8,12-13H,2,9-11H2,(H,22,23)/b4-1+. The lowest BCUT2D eigenvalue weighted by atomic mass is 10.1. The van der Waals surface area contributed by atoms with E-state index in [-0.39, 0.29) is 5.91 Å². The quantitative estimate of drug-likeness (QED) is 0.853. The maximum atomic E-state index is 12.0. The molecule has 1 heterocycles. The second-order valence-electron chi connectivity index (χ2n) is 5.54. The molecule has 0 aromatic heterocycles. The van der Waals surface area contributed by atoms with Gasteiger partial charge in [-0.25, -0.2) is 0 Å².